The lowest BCUT2D eigenvalue weighted by molar-refractivity contribution is -0.384. The molecular formula is C23H14N4O5. The van der Waals surface area contributed by atoms with E-state index in [0.717, 1.165) is 0 Å². The summed E-state index contributed by atoms with van der Waals surface area (Å²) in [5.41, 5.74) is 0.941. The number of benzene rings is 3. The summed E-state index contributed by atoms with van der Waals surface area (Å²) >= 11 is 0. The fourth-order valence-electron chi connectivity index (χ4n) is 3.15. The average molecular weight is 426 g/mol. The zero-order valence-corrected chi connectivity index (χ0v) is 16.4. The molecule has 0 unspecified atom stereocenters. The minimum absolute atomic E-state index is 0.0148. The molecule has 0 aliphatic carbocycles. The molecule has 156 valence electrons. The highest BCUT2D eigenvalue weighted by molar-refractivity contribution is 6.36. The van der Waals surface area contributed by atoms with Crippen molar-refractivity contribution in [3.05, 3.63) is 99.7 Å². The van der Waals surface area contributed by atoms with Crippen LogP contribution >= 0.6 is 0 Å². The second kappa shape index (κ2) is 8.41. The maximum absolute atomic E-state index is 12.3. The van der Waals surface area contributed by atoms with Crippen LogP contribution in [0.25, 0.3) is 5.57 Å². The minimum Gasteiger partial charge on any atom is -0.456 e. The normalized spacial score (nSPS) is 12.8. The van der Waals surface area contributed by atoms with Gasteiger partial charge in [-0.2, -0.15) is 5.26 Å². The monoisotopic (exact) mass is 426 g/mol. The van der Waals surface area contributed by atoms with Crippen molar-refractivity contribution in [3.63, 3.8) is 0 Å². The topological polar surface area (TPSA) is 134 Å². The minimum atomic E-state index is -0.647. The van der Waals surface area contributed by atoms with E-state index in [1.54, 1.807) is 48.5 Å². The summed E-state index contributed by atoms with van der Waals surface area (Å²) in [6.45, 7) is 0. The van der Waals surface area contributed by atoms with Crippen molar-refractivity contribution >= 4 is 28.8 Å². The highest BCUT2D eigenvalue weighted by Gasteiger charge is 2.32. The lowest BCUT2D eigenvalue weighted by atomic mass is 10.0. The standard InChI is InChI=1S/C23H14N4O5/c24-13-15-4-1-2-7-19(15)32-18-10-8-16(9-11-18)25-21-20(22(28)26-23(21)29)14-5-3-6-17(12-14)27(30)31/h1-12H,(H2,25,26,28,29). The van der Waals surface area contributed by atoms with Crippen molar-refractivity contribution in [2.75, 3.05) is 5.32 Å². The molecule has 32 heavy (non-hydrogen) atoms. The van der Waals surface area contributed by atoms with E-state index in [2.05, 4.69) is 16.7 Å². The van der Waals surface area contributed by atoms with Gasteiger partial charge in [0.1, 0.15) is 23.3 Å². The number of para-hydroxylation sites is 1. The molecule has 0 fully saturated rings. The number of anilines is 1. The Balaban J connectivity index is 1.61. The molecule has 1 aliphatic rings. The Hall–Kier alpha value is -4.97. The Morgan fingerprint density at radius 3 is 2.44 bits per heavy atom. The first kappa shape index (κ1) is 20.3. The van der Waals surface area contributed by atoms with Crippen LogP contribution in [0.4, 0.5) is 11.4 Å². The van der Waals surface area contributed by atoms with E-state index in [9.17, 15) is 19.7 Å². The van der Waals surface area contributed by atoms with Gasteiger partial charge in [0.25, 0.3) is 17.5 Å². The Kier molecular flexibility index (Phi) is 5.34. The fraction of sp³-hybridized carbons (Fsp3) is 0. The van der Waals surface area contributed by atoms with Crippen LogP contribution in [0.15, 0.2) is 78.5 Å². The number of nitrogens with one attached hydrogen (secondary N) is 2. The van der Waals surface area contributed by atoms with Crippen LogP contribution in [-0.4, -0.2) is 16.7 Å². The van der Waals surface area contributed by atoms with Crippen LogP contribution in [0.5, 0.6) is 11.5 Å². The van der Waals surface area contributed by atoms with Crippen molar-refractivity contribution < 1.29 is 19.2 Å². The van der Waals surface area contributed by atoms with Gasteiger partial charge < -0.3 is 10.1 Å². The molecule has 0 spiro atoms. The molecule has 2 N–H and O–H groups in total. The van der Waals surface area contributed by atoms with Gasteiger partial charge >= 0.3 is 0 Å². The molecule has 0 radical (unpaired) electrons. The molecule has 9 nitrogen and oxygen atoms in total. The molecule has 0 saturated heterocycles. The third-order valence-electron chi connectivity index (χ3n) is 4.64. The number of carbonyl (C=O) groups excluding carboxylic acids is 2. The lowest BCUT2D eigenvalue weighted by Crippen LogP contribution is -2.24. The summed E-state index contributed by atoms with van der Waals surface area (Å²) in [6, 6.07) is 20.9. The first-order chi connectivity index (χ1) is 15.5. The molecule has 1 heterocycles. The third-order valence-corrected chi connectivity index (χ3v) is 4.64. The van der Waals surface area contributed by atoms with E-state index in [1.165, 1.54) is 24.3 Å². The van der Waals surface area contributed by atoms with Gasteiger partial charge in [-0.05, 0) is 42.0 Å². The van der Waals surface area contributed by atoms with Gasteiger partial charge in [0.15, 0.2) is 0 Å². The molecule has 0 atom stereocenters. The molecular weight excluding hydrogens is 412 g/mol. The zero-order chi connectivity index (χ0) is 22.7. The number of nitro groups is 1. The maximum Gasteiger partial charge on any atom is 0.275 e. The number of imide groups is 1. The number of nitriles is 1. The summed E-state index contributed by atoms with van der Waals surface area (Å²) in [5, 5.41) is 25.3. The molecule has 3 aromatic carbocycles. The predicted molar refractivity (Wildman–Crippen MR) is 114 cm³/mol. The van der Waals surface area contributed by atoms with Crippen LogP contribution in [0.3, 0.4) is 0 Å². The second-order valence-corrected chi connectivity index (χ2v) is 6.70. The van der Waals surface area contributed by atoms with Crippen LogP contribution in [0.2, 0.25) is 0 Å². The van der Waals surface area contributed by atoms with Gasteiger partial charge in [-0.25, -0.2) is 0 Å². The molecule has 1 aliphatic heterocycles. The molecule has 4 rings (SSSR count). The summed E-state index contributed by atoms with van der Waals surface area (Å²) < 4.78 is 5.73. The Bertz CT molecular complexity index is 1320. The number of non-ortho nitro benzene ring substituents is 1. The summed E-state index contributed by atoms with van der Waals surface area (Å²) in [4.78, 5) is 35.2. The largest absolute Gasteiger partial charge is 0.456 e. The second-order valence-electron chi connectivity index (χ2n) is 6.70. The Labute approximate surface area is 181 Å². The van der Waals surface area contributed by atoms with Gasteiger partial charge in [0, 0.05) is 17.8 Å². The summed E-state index contributed by atoms with van der Waals surface area (Å²) in [6.07, 6.45) is 0. The SMILES string of the molecule is N#Cc1ccccc1Oc1ccc(NC2=C(c3cccc([N+](=O)[O-])c3)C(=O)NC2=O)cc1. The van der Waals surface area contributed by atoms with Crippen LogP contribution in [0, 0.1) is 21.4 Å². The van der Waals surface area contributed by atoms with E-state index in [-0.39, 0.29) is 22.5 Å². The first-order valence-corrected chi connectivity index (χ1v) is 9.35. The quantitative estimate of drug-likeness (QED) is 0.348. The van der Waals surface area contributed by atoms with Gasteiger partial charge in [-0.15, -0.1) is 0 Å². The highest BCUT2D eigenvalue weighted by Crippen LogP contribution is 2.30. The third kappa shape index (κ3) is 4.01. The summed E-state index contributed by atoms with van der Waals surface area (Å²) in [7, 11) is 0. The van der Waals surface area contributed by atoms with Gasteiger partial charge in [-0.1, -0.05) is 24.3 Å². The molecule has 0 saturated carbocycles. The number of ether oxygens (including phenoxy) is 1. The van der Waals surface area contributed by atoms with Gasteiger partial charge in [0.2, 0.25) is 0 Å². The molecule has 9 heteroatoms. The van der Waals surface area contributed by atoms with Crippen LogP contribution in [0.1, 0.15) is 11.1 Å². The number of amides is 2. The number of hydrogen-bond acceptors (Lipinski definition) is 7. The Morgan fingerprint density at radius 1 is 0.969 bits per heavy atom. The molecule has 0 aromatic heterocycles. The van der Waals surface area contributed by atoms with Crippen molar-refractivity contribution in [1.29, 1.82) is 5.26 Å². The molecule has 2 amide bonds. The van der Waals surface area contributed by atoms with Crippen LogP contribution in [-0.2, 0) is 9.59 Å². The lowest BCUT2D eigenvalue weighted by Gasteiger charge is -2.10. The van der Waals surface area contributed by atoms with E-state index in [0.29, 0.717) is 22.7 Å². The molecule has 0 bridgehead atoms. The number of hydrogen-bond donors (Lipinski definition) is 2. The van der Waals surface area contributed by atoms with E-state index in [1.807, 2.05) is 0 Å². The van der Waals surface area contributed by atoms with E-state index < -0.39 is 16.7 Å². The van der Waals surface area contributed by atoms with E-state index >= 15 is 0 Å². The number of nitrogens with zero attached hydrogens (tertiary/aromatic N) is 2. The number of rotatable bonds is 6. The van der Waals surface area contributed by atoms with Gasteiger partial charge in [0.05, 0.1) is 16.1 Å². The summed E-state index contributed by atoms with van der Waals surface area (Å²) in [5.74, 6) is -0.406. The van der Waals surface area contributed by atoms with E-state index in [4.69, 9.17) is 10.00 Å². The maximum atomic E-state index is 12.3. The van der Waals surface area contributed by atoms with Gasteiger partial charge in [-0.3, -0.25) is 25.0 Å². The zero-order valence-electron chi connectivity index (χ0n) is 16.4. The van der Waals surface area contributed by atoms with Crippen molar-refractivity contribution in [3.8, 4) is 17.6 Å². The van der Waals surface area contributed by atoms with Crippen molar-refractivity contribution in [2.24, 2.45) is 0 Å². The first-order valence-electron chi connectivity index (χ1n) is 9.35. The average Bonchev–Trinajstić information content (AvgIpc) is 3.08. The number of nitro benzene ring substituents is 1. The number of carbonyl (C=O) groups is 2. The van der Waals surface area contributed by atoms with Crippen molar-refractivity contribution in [1.82, 2.24) is 5.32 Å². The van der Waals surface area contributed by atoms with Crippen LogP contribution < -0.4 is 15.4 Å². The van der Waals surface area contributed by atoms with Crippen molar-refractivity contribution in [2.45, 2.75) is 0 Å². The Morgan fingerprint density at radius 2 is 1.72 bits per heavy atom. The predicted octanol–water partition coefficient (Wildman–Crippen LogP) is 3.74. The molecule has 3 aromatic rings. The smallest absolute Gasteiger partial charge is 0.275 e. The fourth-order valence-corrected chi connectivity index (χ4v) is 3.15. The highest BCUT2D eigenvalue weighted by atomic mass is 16.6.